The van der Waals surface area contributed by atoms with Gasteiger partial charge in [0.1, 0.15) is 0 Å². The monoisotopic (exact) mass is 187 g/mol. The maximum absolute atomic E-state index is 11.9. The molecule has 2 aliphatic rings. The van der Waals surface area contributed by atoms with E-state index in [4.69, 9.17) is 0 Å². The van der Waals surface area contributed by atoms with Crippen molar-refractivity contribution in [2.24, 2.45) is 0 Å². The van der Waals surface area contributed by atoms with Crippen LogP contribution in [0, 0.1) is 0 Å². The van der Waals surface area contributed by atoms with Crippen LogP contribution in [0.2, 0.25) is 0 Å². The lowest BCUT2D eigenvalue weighted by Gasteiger charge is -2.15. The Kier molecular flexibility index (Phi) is 1.35. The molecule has 0 atom stereocenters. The summed E-state index contributed by atoms with van der Waals surface area (Å²) in [5.74, 6) is 0.0409. The highest BCUT2D eigenvalue weighted by molar-refractivity contribution is 6.19. The molecule has 0 spiro atoms. The maximum atomic E-state index is 11.9. The average Bonchev–Trinajstić information content (AvgIpc) is 2.82. The number of fused-ring (bicyclic) bond motifs is 1. The van der Waals surface area contributed by atoms with Crippen molar-refractivity contribution in [2.45, 2.75) is 19.3 Å². The van der Waals surface area contributed by atoms with Crippen molar-refractivity contribution >= 4 is 11.7 Å². The van der Waals surface area contributed by atoms with E-state index in [9.17, 15) is 9.59 Å². The number of nitrogens with zero attached hydrogens (tertiary/aromatic N) is 1. The molecule has 0 fully saturated rings. The van der Waals surface area contributed by atoms with E-state index in [2.05, 4.69) is 0 Å². The van der Waals surface area contributed by atoms with Crippen molar-refractivity contribution in [1.82, 2.24) is 4.57 Å². The topological polar surface area (TPSA) is 39.1 Å². The molecule has 2 heterocycles. The summed E-state index contributed by atoms with van der Waals surface area (Å²) in [5.41, 5.74) is 2.01. The van der Waals surface area contributed by atoms with Gasteiger partial charge in [0.2, 0.25) is 5.78 Å². The Morgan fingerprint density at radius 3 is 2.79 bits per heavy atom. The van der Waals surface area contributed by atoms with Gasteiger partial charge in [-0.1, -0.05) is 0 Å². The summed E-state index contributed by atoms with van der Waals surface area (Å²) in [6.07, 6.45) is 4.13. The molecule has 1 aliphatic heterocycles. The Morgan fingerprint density at radius 2 is 1.93 bits per heavy atom. The van der Waals surface area contributed by atoms with E-state index in [1.54, 1.807) is 18.3 Å². The Hall–Kier alpha value is -1.64. The normalized spacial score (nSPS) is 20.0. The van der Waals surface area contributed by atoms with Gasteiger partial charge in [-0.25, -0.2) is 0 Å². The molecule has 0 aromatic carbocycles. The molecule has 0 unspecified atom stereocenters. The molecule has 0 saturated carbocycles. The fourth-order valence-corrected chi connectivity index (χ4v) is 2.27. The van der Waals surface area contributed by atoms with Crippen molar-refractivity contribution in [3.8, 4) is 0 Å². The van der Waals surface area contributed by atoms with Gasteiger partial charge in [0.25, 0.3) is 5.91 Å². The first kappa shape index (κ1) is 7.74. The lowest BCUT2D eigenvalue weighted by molar-refractivity contribution is 0.0906. The number of carbonyl (C=O) groups excluding carboxylic acids is 2. The Bertz CT molecular complexity index is 439. The Labute approximate surface area is 81.0 Å². The zero-order chi connectivity index (χ0) is 9.71. The van der Waals surface area contributed by atoms with Crippen LogP contribution in [0.3, 0.4) is 0 Å². The maximum Gasteiger partial charge on any atom is 0.258 e. The number of hydrogen-bond donors (Lipinski definition) is 0. The summed E-state index contributed by atoms with van der Waals surface area (Å²) in [6.45, 7) is 0. The molecular weight excluding hydrogens is 178 g/mol. The van der Waals surface area contributed by atoms with Crippen LogP contribution in [-0.2, 0) is 0 Å². The number of rotatable bonds is 0. The fourth-order valence-electron chi connectivity index (χ4n) is 2.27. The second-order valence-corrected chi connectivity index (χ2v) is 3.71. The van der Waals surface area contributed by atoms with Crippen LogP contribution in [0.4, 0.5) is 0 Å². The molecule has 1 aliphatic carbocycles. The molecule has 1 aromatic heterocycles. The third-order valence-corrected chi connectivity index (χ3v) is 2.95. The van der Waals surface area contributed by atoms with E-state index in [1.807, 2.05) is 0 Å². The van der Waals surface area contributed by atoms with Crippen LogP contribution in [0.5, 0.6) is 0 Å². The summed E-state index contributed by atoms with van der Waals surface area (Å²) in [6, 6.07) is 3.45. The van der Waals surface area contributed by atoms with Gasteiger partial charge in [-0.2, -0.15) is 0 Å². The molecule has 0 bridgehead atoms. The number of Topliss-reactive ketones (excluding diaryl/α,β-unsaturated/α-hetero) is 1. The van der Waals surface area contributed by atoms with Crippen LogP contribution >= 0.6 is 0 Å². The van der Waals surface area contributed by atoms with Crippen LogP contribution in [0.25, 0.3) is 0 Å². The predicted molar refractivity (Wildman–Crippen MR) is 50.3 cm³/mol. The highest BCUT2D eigenvalue weighted by atomic mass is 16.2. The van der Waals surface area contributed by atoms with E-state index in [1.165, 1.54) is 4.57 Å². The van der Waals surface area contributed by atoms with E-state index in [-0.39, 0.29) is 11.7 Å². The summed E-state index contributed by atoms with van der Waals surface area (Å²) in [7, 11) is 0. The lowest BCUT2D eigenvalue weighted by Crippen LogP contribution is -2.24. The van der Waals surface area contributed by atoms with Gasteiger partial charge in [-0.3, -0.25) is 14.2 Å². The van der Waals surface area contributed by atoms with Gasteiger partial charge in [0, 0.05) is 17.3 Å². The third-order valence-electron chi connectivity index (χ3n) is 2.95. The van der Waals surface area contributed by atoms with Gasteiger partial charge in [0.15, 0.2) is 0 Å². The molecular formula is C11H9NO2. The SMILES string of the molecule is O=C1C2=C(CCC2)C(=O)n2cccc21. The number of allylic oxidation sites excluding steroid dienone is 2. The van der Waals surface area contributed by atoms with Crippen LogP contribution < -0.4 is 0 Å². The smallest absolute Gasteiger partial charge is 0.258 e. The summed E-state index contributed by atoms with van der Waals surface area (Å²) in [5, 5.41) is 0. The van der Waals surface area contributed by atoms with Gasteiger partial charge in [-0.15, -0.1) is 0 Å². The molecule has 0 N–H and O–H groups in total. The molecule has 70 valence electrons. The lowest BCUT2D eigenvalue weighted by atomic mass is 10.0. The van der Waals surface area contributed by atoms with Gasteiger partial charge in [-0.05, 0) is 31.4 Å². The minimum atomic E-state index is -0.00269. The zero-order valence-corrected chi connectivity index (χ0v) is 7.62. The molecule has 0 saturated heterocycles. The summed E-state index contributed by atoms with van der Waals surface area (Å²) in [4.78, 5) is 23.7. The molecule has 3 nitrogen and oxygen atoms in total. The minimum absolute atomic E-state index is 0.00269. The van der Waals surface area contributed by atoms with Crippen molar-refractivity contribution in [3.05, 3.63) is 35.2 Å². The number of hydrogen-bond acceptors (Lipinski definition) is 2. The van der Waals surface area contributed by atoms with E-state index in [0.717, 1.165) is 30.4 Å². The van der Waals surface area contributed by atoms with Crippen LogP contribution in [-0.4, -0.2) is 16.3 Å². The van der Waals surface area contributed by atoms with Crippen molar-refractivity contribution in [3.63, 3.8) is 0 Å². The van der Waals surface area contributed by atoms with Crippen molar-refractivity contribution < 1.29 is 9.59 Å². The average molecular weight is 187 g/mol. The molecule has 0 amide bonds. The van der Waals surface area contributed by atoms with Gasteiger partial charge < -0.3 is 0 Å². The summed E-state index contributed by atoms with van der Waals surface area (Å²) < 4.78 is 1.46. The van der Waals surface area contributed by atoms with Gasteiger partial charge in [0.05, 0.1) is 5.69 Å². The van der Waals surface area contributed by atoms with E-state index >= 15 is 0 Å². The van der Waals surface area contributed by atoms with Crippen molar-refractivity contribution in [2.75, 3.05) is 0 Å². The van der Waals surface area contributed by atoms with Crippen LogP contribution in [0.15, 0.2) is 29.5 Å². The minimum Gasteiger partial charge on any atom is -0.287 e. The number of ketones is 1. The number of carbonyl (C=O) groups is 2. The first-order valence-corrected chi connectivity index (χ1v) is 4.78. The molecule has 0 radical (unpaired) electrons. The molecule has 3 heteroatoms. The highest BCUT2D eigenvalue weighted by Gasteiger charge is 2.33. The molecule has 3 rings (SSSR count). The standard InChI is InChI=1S/C11H9NO2/c13-10-7-3-1-4-8(7)11(14)12-6-2-5-9(10)12/h2,5-6H,1,3-4H2. The van der Waals surface area contributed by atoms with Crippen LogP contribution in [0.1, 0.15) is 34.5 Å². The Morgan fingerprint density at radius 1 is 1.14 bits per heavy atom. The fraction of sp³-hybridized carbons (Fsp3) is 0.273. The second-order valence-electron chi connectivity index (χ2n) is 3.71. The number of aromatic nitrogens is 1. The third kappa shape index (κ3) is 0.769. The predicted octanol–water partition coefficient (Wildman–Crippen LogP) is 1.81. The highest BCUT2D eigenvalue weighted by Crippen LogP contribution is 2.33. The Balaban J connectivity index is 2.26. The second kappa shape index (κ2) is 2.44. The molecule has 1 aromatic rings. The first-order valence-electron chi connectivity index (χ1n) is 4.78. The first-order chi connectivity index (χ1) is 6.79. The molecule has 14 heavy (non-hydrogen) atoms. The van der Waals surface area contributed by atoms with Crippen molar-refractivity contribution in [1.29, 1.82) is 0 Å². The largest absolute Gasteiger partial charge is 0.287 e. The summed E-state index contributed by atoms with van der Waals surface area (Å²) >= 11 is 0. The van der Waals surface area contributed by atoms with E-state index < -0.39 is 0 Å². The van der Waals surface area contributed by atoms with E-state index in [0.29, 0.717) is 5.69 Å². The zero-order valence-electron chi connectivity index (χ0n) is 7.62. The van der Waals surface area contributed by atoms with Gasteiger partial charge >= 0.3 is 0 Å². The quantitative estimate of drug-likeness (QED) is 0.621.